The van der Waals surface area contributed by atoms with Crippen LogP contribution in [0.25, 0.3) is 11.2 Å². The van der Waals surface area contributed by atoms with E-state index in [4.69, 9.17) is 27.1 Å². The second kappa shape index (κ2) is 10.1. The number of rotatable bonds is 6. The lowest BCUT2D eigenvalue weighted by Crippen LogP contribution is -2.36. The van der Waals surface area contributed by atoms with Crippen LogP contribution in [0.1, 0.15) is 45.1 Å². The Morgan fingerprint density at radius 3 is 2.67 bits per heavy atom. The number of hydrogen-bond acceptors (Lipinski definition) is 7. The van der Waals surface area contributed by atoms with Crippen molar-refractivity contribution in [1.29, 1.82) is 0 Å². The average Bonchev–Trinajstić information content (AvgIpc) is 3.20. The van der Waals surface area contributed by atoms with Crippen LogP contribution in [0.4, 0.5) is 26.4 Å². The average molecular weight is 520 g/mol. The van der Waals surface area contributed by atoms with Crippen LogP contribution < -0.4 is 16.4 Å². The van der Waals surface area contributed by atoms with Crippen molar-refractivity contribution in [3.8, 4) is 0 Å². The summed E-state index contributed by atoms with van der Waals surface area (Å²) in [5.41, 5.74) is 6.23. The lowest BCUT2D eigenvalue weighted by Gasteiger charge is -2.32. The first-order chi connectivity index (χ1) is 17.3. The van der Waals surface area contributed by atoms with Crippen LogP contribution in [-0.2, 0) is 9.53 Å². The molecule has 2 aliphatic rings. The van der Waals surface area contributed by atoms with E-state index in [0.29, 0.717) is 43.2 Å². The molecule has 0 spiro atoms. The maximum atomic E-state index is 14.6. The van der Waals surface area contributed by atoms with Crippen LogP contribution in [0.5, 0.6) is 0 Å². The molecule has 4 N–H and O–H groups in total. The fourth-order valence-electron chi connectivity index (χ4n) is 5.15. The summed E-state index contributed by atoms with van der Waals surface area (Å²) in [7, 11) is 0. The van der Waals surface area contributed by atoms with Crippen LogP contribution >= 0.6 is 11.6 Å². The third kappa shape index (κ3) is 4.81. The van der Waals surface area contributed by atoms with E-state index < -0.39 is 29.1 Å². The molecule has 1 saturated heterocycles. The van der Waals surface area contributed by atoms with Gasteiger partial charge >= 0.3 is 0 Å². The van der Waals surface area contributed by atoms with E-state index in [2.05, 4.69) is 27.5 Å². The predicted molar refractivity (Wildman–Crippen MR) is 132 cm³/mol. The molecule has 1 amide bonds. The minimum absolute atomic E-state index is 0.0611. The number of ether oxygens (including phenoxy) is 1. The van der Waals surface area contributed by atoms with E-state index in [1.807, 2.05) is 0 Å². The Morgan fingerprint density at radius 1 is 1.19 bits per heavy atom. The first kappa shape index (κ1) is 24.6. The van der Waals surface area contributed by atoms with Crippen LogP contribution in [-0.4, -0.2) is 44.7 Å². The molecule has 4 atom stereocenters. The highest BCUT2D eigenvalue weighted by atomic mass is 35.5. The first-order valence-corrected chi connectivity index (χ1v) is 12.5. The van der Waals surface area contributed by atoms with Crippen molar-refractivity contribution in [1.82, 2.24) is 19.5 Å². The van der Waals surface area contributed by atoms with Crippen LogP contribution in [0, 0.1) is 23.5 Å². The van der Waals surface area contributed by atoms with Gasteiger partial charge in [-0.3, -0.25) is 9.36 Å². The fraction of sp³-hybridized carbons (Fsp3) is 0.500. The van der Waals surface area contributed by atoms with Gasteiger partial charge in [0, 0.05) is 17.7 Å². The second-order valence-electron chi connectivity index (χ2n) is 9.53. The van der Waals surface area contributed by atoms with E-state index in [-0.39, 0.29) is 29.0 Å². The smallest absolute Gasteiger partial charge is 0.224 e. The molecule has 5 rings (SSSR count). The van der Waals surface area contributed by atoms with Crippen molar-refractivity contribution < 1.29 is 18.3 Å². The maximum absolute atomic E-state index is 14.6. The standard InChI is InChI=1S/C24H28ClF2N7O2/c1-12-11-36-7-6-17(12)30-23-29-10-18-22(33-23)34(19-5-3-2-4-14(19)21(28)35)24(31-18)32-20-15(26)8-13(25)9-16(20)27/h8-10,12,14,17,19H,2-7,11H2,1H3,(H2,28,35)(H,31,32)(H,29,30,33)/t12-,14?,17-,19?/m1/s1. The molecule has 3 aromatic rings. The minimum atomic E-state index is -0.865. The van der Waals surface area contributed by atoms with E-state index in [1.165, 1.54) is 0 Å². The van der Waals surface area contributed by atoms with Gasteiger partial charge in [0.15, 0.2) is 17.3 Å². The SMILES string of the molecule is C[C@@H]1COCC[C@H]1Nc1ncc2nc(Nc3c(F)cc(Cl)cc3F)n(C3CCCCC3C(N)=O)c2n1. The zero-order valence-electron chi connectivity index (χ0n) is 19.8. The molecule has 36 heavy (non-hydrogen) atoms. The highest BCUT2D eigenvalue weighted by Gasteiger charge is 2.34. The largest absolute Gasteiger partial charge is 0.381 e. The number of anilines is 3. The second-order valence-corrected chi connectivity index (χ2v) is 9.97. The van der Waals surface area contributed by atoms with Gasteiger partial charge in [-0.05, 0) is 37.3 Å². The number of hydrogen-bond donors (Lipinski definition) is 3. The van der Waals surface area contributed by atoms with E-state index >= 15 is 0 Å². The molecule has 2 unspecified atom stereocenters. The summed E-state index contributed by atoms with van der Waals surface area (Å²) < 4.78 is 36.5. The Morgan fingerprint density at radius 2 is 1.94 bits per heavy atom. The number of nitrogens with one attached hydrogen (secondary N) is 2. The minimum Gasteiger partial charge on any atom is -0.381 e. The van der Waals surface area contributed by atoms with Crippen molar-refractivity contribution in [2.75, 3.05) is 23.8 Å². The predicted octanol–water partition coefficient (Wildman–Crippen LogP) is 4.56. The number of nitrogens with zero attached hydrogens (tertiary/aromatic N) is 4. The topological polar surface area (TPSA) is 120 Å². The maximum Gasteiger partial charge on any atom is 0.224 e. The van der Waals surface area contributed by atoms with E-state index in [0.717, 1.165) is 31.4 Å². The van der Waals surface area contributed by atoms with Crippen molar-refractivity contribution in [3.05, 3.63) is 35.0 Å². The number of fused-ring (bicyclic) bond motifs is 1. The van der Waals surface area contributed by atoms with Crippen molar-refractivity contribution in [2.45, 2.75) is 51.1 Å². The zero-order chi connectivity index (χ0) is 25.4. The molecule has 2 fully saturated rings. The number of aromatic nitrogens is 4. The monoisotopic (exact) mass is 519 g/mol. The summed E-state index contributed by atoms with van der Waals surface area (Å²) in [6, 6.07) is 1.79. The molecule has 12 heteroatoms. The van der Waals surface area contributed by atoms with Gasteiger partial charge in [0.1, 0.15) is 11.2 Å². The van der Waals surface area contributed by atoms with Gasteiger partial charge < -0.3 is 21.1 Å². The third-order valence-corrected chi connectivity index (χ3v) is 7.28. The van der Waals surface area contributed by atoms with Gasteiger partial charge in [-0.2, -0.15) is 4.98 Å². The molecule has 0 bridgehead atoms. The summed E-state index contributed by atoms with van der Waals surface area (Å²) in [6.07, 6.45) is 5.36. The van der Waals surface area contributed by atoms with Gasteiger partial charge in [0.25, 0.3) is 0 Å². The summed E-state index contributed by atoms with van der Waals surface area (Å²) in [4.78, 5) is 26.0. The lowest BCUT2D eigenvalue weighted by atomic mass is 9.84. The third-order valence-electron chi connectivity index (χ3n) is 7.06. The van der Waals surface area contributed by atoms with Crippen LogP contribution in [0.2, 0.25) is 5.02 Å². The zero-order valence-corrected chi connectivity index (χ0v) is 20.6. The first-order valence-electron chi connectivity index (χ1n) is 12.1. The van der Waals surface area contributed by atoms with Crippen LogP contribution in [0.15, 0.2) is 18.3 Å². The van der Waals surface area contributed by atoms with Gasteiger partial charge in [-0.1, -0.05) is 31.4 Å². The summed E-state index contributed by atoms with van der Waals surface area (Å²) >= 11 is 5.79. The molecule has 1 aliphatic heterocycles. The summed E-state index contributed by atoms with van der Waals surface area (Å²) in [6.45, 7) is 3.39. The Bertz CT molecular complexity index is 1260. The molecule has 2 aromatic heterocycles. The number of imidazole rings is 1. The van der Waals surface area contributed by atoms with Crippen molar-refractivity contribution in [3.63, 3.8) is 0 Å². The van der Waals surface area contributed by atoms with E-state index in [9.17, 15) is 13.6 Å². The Labute approximate surface area is 211 Å². The number of amides is 1. The van der Waals surface area contributed by atoms with Crippen molar-refractivity contribution >= 4 is 46.3 Å². The molecule has 1 aliphatic carbocycles. The molecular formula is C24H28ClF2N7O2. The van der Waals surface area contributed by atoms with Crippen LogP contribution in [0.3, 0.4) is 0 Å². The van der Waals surface area contributed by atoms with Crippen molar-refractivity contribution in [2.24, 2.45) is 17.6 Å². The Hall–Kier alpha value is -3.05. The molecule has 0 radical (unpaired) electrons. The summed E-state index contributed by atoms with van der Waals surface area (Å²) in [5.74, 6) is -1.81. The molecular weight excluding hydrogens is 492 g/mol. The number of primary amides is 1. The van der Waals surface area contributed by atoms with E-state index in [1.54, 1.807) is 10.8 Å². The van der Waals surface area contributed by atoms with Gasteiger partial charge in [0.05, 0.1) is 24.8 Å². The number of halogens is 3. The highest BCUT2D eigenvalue weighted by molar-refractivity contribution is 6.30. The fourth-order valence-corrected chi connectivity index (χ4v) is 5.34. The molecule has 9 nitrogen and oxygen atoms in total. The number of nitrogens with two attached hydrogens (primary N) is 1. The van der Waals surface area contributed by atoms with Gasteiger partial charge in [-0.25, -0.2) is 18.7 Å². The van der Waals surface area contributed by atoms with Gasteiger partial charge in [-0.15, -0.1) is 0 Å². The molecule has 1 saturated carbocycles. The normalized spacial score (nSPS) is 24.6. The number of carbonyl (C=O) groups is 1. The quantitative estimate of drug-likeness (QED) is 0.437. The molecule has 3 heterocycles. The Kier molecular flexibility index (Phi) is 6.94. The molecule has 192 valence electrons. The number of carbonyl (C=O) groups excluding carboxylic acids is 1. The summed E-state index contributed by atoms with van der Waals surface area (Å²) in [5, 5.41) is 6.10. The van der Waals surface area contributed by atoms with Gasteiger partial charge in [0.2, 0.25) is 17.8 Å². The highest BCUT2D eigenvalue weighted by Crippen LogP contribution is 2.39. The lowest BCUT2D eigenvalue weighted by molar-refractivity contribution is -0.124. The molecule has 1 aromatic carbocycles. The Balaban J connectivity index is 1.60. The number of benzene rings is 1.